The summed E-state index contributed by atoms with van der Waals surface area (Å²) in [5.41, 5.74) is -0.319. The van der Waals surface area contributed by atoms with Gasteiger partial charge in [-0.05, 0) is 20.3 Å². The third-order valence-electron chi connectivity index (χ3n) is 2.54. The summed E-state index contributed by atoms with van der Waals surface area (Å²) in [5, 5.41) is 8.69. The maximum atomic E-state index is 11.3. The monoisotopic (exact) mass is 171 g/mol. The zero-order valence-corrected chi connectivity index (χ0v) is 7.50. The standard InChI is InChI=1S/C8H13NO3/c1-8(2)4-5(7(11)12)6(10)9(8)3/h5H,4H2,1-3H3,(H,11,12). The molecule has 1 rings (SSSR count). The van der Waals surface area contributed by atoms with Crippen molar-refractivity contribution in [2.45, 2.75) is 25.8 Å². The van der Waals surface area contributed by atoms with E-state index in [0.717, 1.165) is 0 Å². The summed E-state index contributed by atoms with van der Waals surface area (Å²) in [7, 11) is 1.64. The van der Waals surface area contributed by atoms with E-state index in [1.54, 1.807) is 7.05 Å². The lowest BCUT2D eigenvalue weighted by atomic mass is 9.97. The summed E-state index contributed by atoms with van der Waals surface area (Å²) < 4.78 is 0. The molecule has 1 aliphatic rings. The van der Waals surface area contributed by atoms with Gasteiger partial charge in [-0.25, -0.2) is 0 Å². The lowest BCUT2D eigenvalue weighted by Gasteiger charge is -2.26. The highest BCUT2D eigenvalue weighted by Gasteiger charge is 2.46. The van der Waals surface area contributed by atoms with Gasteiger partial charge in [0.05, 0.1) is 0 Å². The van der Waals surface area contributed by atoms with E-state index in [2.05, 4.69) is 0 Å². The molecule has 0 bridgehead atoms. The van der Waals surface area contributed by atoms with Crippen molar-refractivity contribution in [2.75, 3.05) is 7.05 Å². The van der Waals surface area contributed by atoms with Gasteiger partial charge in [-0.1, -0.05) is 0 Å². The Kier molecular flexibility index (Phi) is 1.86. The Balaban J connectivity index is 2.89. The van der Waals surface area contributed by atoms with E-state index in [1.165, 1.54) is 4.90 Å². The van der Waals surface area contributed by atoms with Gasteiger partial charge in [0.1, 0.15) is 5.92 Å². The van der Waals surface area contributed by atoms with Crippen LogP contribution in [0.25, 0.3) is 0 Å². The lowest BCUT2D eigenvalue weighted by Crippen LogP contribution is -2.37. The number of rotatable bonds is 1. The minimum absolute atomic E-state index is 0.285. The molecule has 0 saturated carbocycles. The van der Waals surface area contributed by atoms with Crippen molar-refractivity contribution < 1.29 is 14.7 Å². The van der Waals surface area contributed by atoms with Crippen molar-refractivity contribution in [1.29, 1.82) is 0 Å². The highest BCUT2D eigenvalue weighted by molar-refractivity contribution is 5.99. The van der Waals surface area contributed by atoms with Crippen molar-refractivity contribution in [1.82, 2.24) is 4.90 Å². The molecule has 1 aliphatic heterocycles. The molecule has 0 radical (unpaired) electrons. The van der Waals surface area contributed by atoms with Gasteiger partial charge in [0.25, 0.3) is 0 Å². The zero-order valence-electron chi connectivity index (χ0n) is 7.50. The summed E-state index contributed by atoms with van der Waals surface area (Å²) >= 11 is 0. The van der Waals surface area contributed by atoms with Crippen LogP contribution >= 0.6 is 0 Å². The fraction of sp³-hybridized carbons (Fsp3) is 0.750. The number of hydrogen-bond acceptors (Lipinski definition) is 2. The molecular weight excluding hydrogens is 158 g/mol. The van der Waals surface area contributed by atoms with Crippen LogP contribution in [0.15, 0.2) is 0 Å². The van der Waals surface area contributed by atoms with Crippen molar-refractivity contribution >= 4 is 11.9 Å². The number of likely N-dealkylation sites (tertiary alicyclic amines) is 1. The number of amides is 1. The van der Waals surface area contributed by atoms with Crippen LogP contribution in [-0.4, -0.2) is 34.5 Å². The molecule has 0 spiro atoms. The molecule has 1 saturated heterocycles. The molecule has 4 heteroatoms. The van der Waals surface area contributed by atoms with Gasteiger partial charge < -0.3 is 10.0 Å². The number of carboxylic acid groups (broad SMARTS) is 1. The Morgan fingerprint density at radius 3 is 2.33 bits per heavy atom. The number of hydrogen-bond donors (Lipinski definition) is 1. The molecule has 4 nitrogen and oxygen atoms in total. The SMILES string of the molecule is CN1C(=O)C(C(=O)O)CC1(C)C. The van der Waals surface area contributed by atoms with Crippen LogP contribution in [-0.2, 0) is 9.59 Å². The first-order valence-corrected chi connectivity index (χ1v) is 3.87. The van der Waals surface area contributed by atoms with Crippen LogP contribution in [0.4, 0.5) is 0 Å². The van der Waals surface area contributed by atoms with Crippen molar-refractivity contribution in [3.05, 3.63) is 0 Å². The van der Waals surface area contributed by atoms with E-state index < -0.39 is 11.9 Å². The molecule has 12 heavy (non-hydrogen) atoms. The minimum Gasteiger partial charge on any atom is -0.481 e. The van der Waals surface area contributed by atoms with Crippen molar-refractivity contribution in [2.24, 2.45) is 5.92 Å². The van der Waals surface area contributed by atoms with E-state index in [-0.39, 0.29) is 11.4 Å². The second-order valence-corrected chi connectivity index (χ2v) is 3.80. The highest BCUT2D eigenvalue weighted by Crippen LogP contribution is 2.32. The molecule has 1 amide bonds. The third kappa shape index (κ3) is 1.17. The van der Waals surface area contributed by atoms with Crippen molar-refractivity contribution in [3.8, 4) is 0 Å². The highest BCUT2D eigenvalue weighted by atomic mass is 16.4. The van der Waals surface area contributed by atoms with Crippen LogP contribution < -0.4 is 0 Å². The number of nitrogens with zero attached hydrogens (tertiary/aromatic N) is 1. The van der Waals surface area contributed by atoms with E-state index in [1.807, 2.05) is 13.8 Å². The van der Waals surface area contributed by atoms with Crippen LogP contribution in [0.2, 0.25) is 0 Å². The molecule has 1 unspecified atom stereocenters. The van der Waals surface area contributed by atoms with Gasteiger partial charge in [-0.3, -0.25) is 9.59 Å². The molecule has 1 atom stereocenters. The van der Waals surface area contributed by atoms with Crippen molar-refractivity contribution in [3.63, 3.8) is 0 Å². The summed E-state index contributed by atoms with van der Waals surface area (Å²) in [6, 6.07) is 0. The van der Waals surface area contributed by atoms with E-state index in [0.29, 0.717) is 6.42 Å². The molecule has 1 fully saturated rings. The summed E-state index contributed by atoms with van der Waals surface area (Å²) in [5.74, 6) is -2.14. The number of carbonyl (C=O) groups excluding carboxylic acids is 1. The smallest absolute Gasteiger partial charge is 0.316 e. The topological polar surface area (TPSA) is 57.6 Å². The molecule has 0 aromatic heterocycles. The van der Waals surface area contributed by atoms with E-state index in [4.69, 9.17) is 5.11 Å². The minimum atomic E-state index is -1.02. The molecule has 1 N–H and O–H groups in total. The first kappa shape index (κ1) is 9.03. The first-order valence-electron chi connectivity index (χ1n) is 3.87. The Labute approximate surface area is 71.2 Å². The van der Waals surface area contributed by atoms with Crippen LogP contribution in [0, 0.1) is 5.92 Å². The van der Waals surface area contributed by atoms with E-state index >= 15 is 0 Å². The largest absolute Gasteiger partial charge is 0.481 e. The Bertz CT molecular complexity index is 234. The zero-order chi connectivity index (χ0) is 9.52. The Morgan fingerprint density at radius 1 is 1.67 bits per heavy atom. The van der Waals surface area contributed by atoms with Gasteiger partial charge in [0, 0.05) is 12.6 Å². The molecule has 0 aromatic rings. The Hall–Kier alpha value is -1.06. The molecule has 1 heterocycles. The van der Waals surface area contributed by atoms with Crippen LogP contribution in [0.5, 0.6) is 0 Å². The quantitative estimate of drug-likeness (QED) is 0.578. The molecule has 68 valence electrons. The van der Waals surface area contributed by atoms with Crippen LogP contribution in [0.3, 0.4) is 0 Å². The predicted octanol–water partition coefficient (Wildman–Crippen LogP) is 0.328. The molecule has 0 aliphatic carbocycles. The summed E-state index contributed by atoms with van der Waals surface area (Å²) in [6.45, 7) is 3.74. The van der Waals surface area contributed by atoms with Gasteiger partial charge >= 0.3 is 5.97 Å². The maximum Gasteiger partial charge on any atom is 0.316 e. The average Bonchev–Trinajstić information content (AvgIpc) is 2.14. The normalized spacial score (nSPS) is 27.8. The summed E-state index contributed by atoms with van der Waals surface area (Å²) in [4.78, 5) is 23.4. The molecule has 0 aromatic carbocycles. The average molecular weight is 171 g/mol. The number of carboxylic acids is 1. The van der Waals surface area contributed by atoms with E-state index in [9.17, 15) is 9.59 Å². The predicted molar refractivity (Wildman–Crippen MR) is 42.6 cm³/mol. The fourth-order valence-electron chi connectivity index (χ4n) is 1.45. The second-order valence-electron chi connectivity index (χ2n) is 3.80. The maximum absolute atomic E-state index is 11.3. The van der Waals surface area contributed by atoms with Gasteiger partial charge in [0.15, 0.2) is 0 Å². The molecular formula is C8H13NO3. The van der Waals surface area contributed by atoms with Crippen LogP contribution in [0.1, 0.15) is 20.3 Å². The number of carbonyl (C=O) groups is 2. The summed E-state index contributed by atoms with van der Waals surface area (Å²) in [6.07, 6.45) is 0.400. The number of aliphatic carboxylic acids is 1. The third-order valence-corrected chi connectivity index (χ3v) is 2.54. The van der Waals surface area contributed by atoms with Gasteiger partial charge in [0.2, 0.25) is 5.91 Å². The van der Waals surface area contributed by atoms with Gasteiger partial charge in [-0.15, -0.1) is 0 Å². The van der Waals surface area contributed by atoms with Gasteiger partial charge in [-0.2, -0.15) is 0 Å². The lowest BCUT2D eigenvalue weighted by molar-refractivity contribution is -0.147. The fourth-order valence-corrected chi connectivity index (χ4v) is 1.45. The second kappa shape index (κ2) is 2.47. The first-order chi connectivity index (χ1) is 5.36. The Morgan fingerprint density at radius 2 is 2.17 bits per heavy atom.